The summed E-state index contributed by atoms with van der Waals surface area (Å²) in [6.45, 7) is 6.34. The van der Waals surface area contributed by atoms with Crippen LogP contribution >= 0.6 is 0 Å². The Bertz CT molecular complexity index is 1090. The molecule has 2 heterocycles. The third kappa shape index (κ3) is 4.27. The van der Waals surface area contributed by atoms with E-state index in [1.54, 1.807) is 10.7 Å². The molecule has 6 nitrogen and oxygen atoms in total. The van der Waals surface area contributed by atoms with Gasteiger partial charge >= 0.3 is 0 Å². The minimum atomic E-state index is -0.267. The van der Waals surface area contributed by atoms with Crippen LogP contribution < -0.4 is 5.32 Å². The largest absolute Gasteiger partial charge is 0.347 e. The Hall–Kier alpha value is -3.41. The van der Waals surface area contributed by atoms with Crippen molar-refractivity contribution in [3.05, 3.63) is 88.2 Å². The summed E-state index contributed by atoms with van der Waals surface area (Å²) in [6, 6.07) is 17.7. The number of nitrogens with one attached hydrogen (secondary N) is 1. The molecule has 1 N–H and O–H groups in total. The van der Waals surface area contributed by atoms with Gasteiger partial charge in [0.05, 0.1) is 0 Å². The van der Waals surface area contributed by atoms with Crippen molar-refractivity contribution in [3.63, 3.8) is 0 Å². The molecule has 0 aliphatic carbocycles. The van der Waals surface area contributed by atoms with Gasteiger partial charge in [-0.2, -0.15) is 5.10 Å². The Kier molecular flexibility index (Phi) is 5.65. The number of benzene rings is 2. The Morgan fingerprint density at radius 2 is 1.90 bits per heavy atom. The number of carbonyl (C=O) groups excluding carboxylic acids is 2. The summed E-state index contributed by atoms with van der Waals surface area (Å²) in [5.74, 6) is -0.351. The van der Waals surface area contributed by atoms with E-state index in [0.29, 0.717) is 31.9 Å². The van der Waals surface area contributed by atoms with E-state index in [0.717, 1.165) is 23.1 Å². The fraction of sp³-hybridized carbons (Fsp3) is 0.292. The second-order valence-corrected chi connectivity index (χ2v) is 7.82. The number of amides is 2. The van der Waals surface area contributed by atoms with Crippen LogP contribution in [0.5, 0.6) is 0 Å². The van der Waals surface area contributed by atoms with Crippen molar-refractivity contribution in [1.29, 1.82) is 0 Å². The lowest BCUT2D eigenvalue weighted by atomic mass is 10.1. The van der Waals surface area contributed by atoms with Gasteiger partial charge in [0.15, 0.2) is 5.69 Å². The Labute approximate surface area is 176 Å². The molecule has 2 aromatic carbocycles. The molecule has 2 amide bonds. The predicted octanol–water partition coefficient (Wildman–Crippen LogP) is 3.48. The average Bonchev–Trinajstić information content (AvgIpc) is 3.10. The summed E-state index contributed by atoms with van der Waals surface area (Å²) in [5, 5.41) is 7.32. The zero-order valence-electron chi connectivity index (χ0n) is 17.4. The topological polar surface area (TPSA) is 67.2 Å². The number of carbonyl (C=O) groups is 2. The van der Waals surface area contributed by atoms with Crippen LogP contribution in [0.25, 0.3) is 0 Å². The highest BCUT2D eigenvalue weighted by molar-refractivity contribution is 5.98. The molecule has 0 unspecified atom stereocenters. The molecule has 1 aliphatic heterocycles. The van der Waals surface area contributed by atoms with Crippen molar-refractivity contribution in [2.45, 2.75) is 39.9 Å². The van der Waals surface area contributed by atoms with Crippen LogP contribution in [0.3, 0.4) is 0 Å². The van der Waals surface area contributed by atoms with E-state index in [2.05, 4.69) is 16.5 Å². The maximum atomic E-state index is 13.1. The molecule has 1 aliphatic rings. The highest BCUT2D eigenvalue weighted by Gasteiger charge is 2.26. The van der Waals surface area contributed by atoms with Crippen molar-refractivity contribution < 1.29 is 9.59 Å². The molecule has 6 heteroatoms. The van der Waals surface area contributed by atoms with Crippen LogP contribution in [0.15, 0.2) is 54.6 Å². The summed E-state index contributed by atoms with van der Waals surface area (Å²) in [7, 11) is 0. The van der Waals surface area contributed by atoms with Gasteiger partial charge < -0.3 is 10.2 Å². The van der Waals surface area contributed by atoms with Crippen LogP contribution in [0.1, 0.15) is 49.7 Å². The number of fused-ring (bicyclic) bond motifs is 1. The van der Waals surface area contributed by atoms with Gasteiger partial charge in [-0.25, -0.2) is 0 Å². The smallest absolute Gasteiger partial charge is 0.272 e. The molecule has 0 atom stereocenters. The van der Waals surface area contributed by atoms with Gasteiger partial charge in [-0.05, 0) is 37.0 Å². The fourth-order valence-corrected chi connectivity index (χ4v) is 3.80. The van der Waals surface area contributed by atoms with E-state index >= 15 is 0 Å². The minimum Gasteiger partial charge on any atom is -0.347 e. The predicted molar refractivity (Wildman–Crippen MR) is 115 cm³/mol. The van der Waals surface area contributed by atoms with Gasteiger partial charge in [0, 0.05) is 32.2 Å². The Morgan fingerprint density at radius 1 is 1.07 bits per heavy atom. The number of aryl methyl sites for hydroxylation is 3. The first-order chi connectivity index (χ1) is 14.5. The molecule has 30 heavy (non-hydrogen) atoms. The highest BCUT2D eigenvalue weighted by Crippen LogP contribution is 2.17. The number of hydrogen-bond donors (Lipinski definition) is 1. The molecule has 3 aromatic rings. The van der Waals surface area contributed by atoms with Gasteiger partial charge in [-0.3, -0.25) is 14.3 Å². The molecular weight excluding hydrogens is 376 g/mol. The average molecular weight is 402 g/mol. The number of nitrogens with zero attached hydrogens (tertiary/aromatic N) is 3. The maximum absolute atomic E-state index is 13.1. The molecular formula is C24H26N4O2. The van der Waals surface area contributed by atoms with Crippen molar-refractivity contribution >= 4 is 11.8 Å². The minimum absolute atomic E-state index is 0.0838. The summed E-state index contributed by atoms with van der Waals surface area (Å²) in [5.41, 5.74) is 5.22. The van der Waals surface area contributed by atoms with Crippen molar-refractivity contribution in [1.82, 2.24) is 20.0 Å². The molecule has 0 saturated carbocycles. The van der Waals surface area contributed by atoms with E-state index in [1.165, 1.54) is 5.56 Å². The van der Waals surface area contributed by atoms with E-state index in [1.807, 2.05) is 61.2 Å². The number of aromatic nitrogens is 2. The van der Waals surface area contributed by atoms with Gasteiger partial charge in [0.2, 0.25) is 0 Å². The van der Waals surface area contributed by atoms with Crippen LogP contribution in [0, 0.1) is 13.8 Å². The van der Waals surface area contributed by atoms with Crippen molar-refractivity contribution in [2.75, 3.05) is 6.54 Å². The fourth-order valence-electron chi connectivity index (χ4n) is 3.80. The second kappa shape index (κ2) is 8.53. The monoisotopic (exact) mass is 402 g/mol. The normalized spacial score (nSPS) is 13.7. The first-order valence-corrected chi connectivity index (χ1v) is 10.3. The first-order valence-electron chi connectivity index (χ1n) is 10.3. The molecule has 4 rings (SSSR count). The van der Waals surface area contributed by atoms with Crippen molar-refractivity contribution in [3.8, 4) is 0 Å². The van der Waals surface area contributed by atoms with E-state index in [9.17, 15) is 9.59 Å². The molecule has 0 radical (unpaired) electrons. The Morgan fingerprint density at radius 3 is 2.70 bits per heavy atom. The lowest BCUT2D eigenvalue weighted by Gasteiger charge is -2.20. The zero-order chi connectivity index (χ0) is 21.1. The number of hydrogen-bond acceptors (Lipinski definition) is 3. The highest BCUT2D eigenvalue weighted by atomic mass is 16.2. The van der Waals surface area contributed by atoms with Crippen LogP contribution in [-0.2, 0) is 19.6 Å². The van der Waals surface area contributed by atoms with Gasteiger partial charge in [-0.15, -0.1) is 0 Å². The molecule has 1 aromatic heterocycles. The standard InChI is InChI=1S/C24H26N4O2/c1-17-7-5-9-19(13-17)16-27-11-6-12-28-22(24(27)30)14-21(26-28)23(29)25-15-20-10-4-3-8-18(20)2/h3-5,7-10,13-14H,6,11-12,15-16H2,1-2H3,(H,25,29). The van der Waals surface area contributed by atoms with Crippen LogP contribution in [0.4, 0.5) is 0 Å². The summed E-state index contributed by atoms with van der Waals surface area (Å²) >= 11 is 0. The van der Waals surface area contributed by atoms with Crippen molar-refractivity contribution in [2.24, 2.45) is 0 Å². The van der Waals surface area contributed by atoms with Crippen LogP contribution in [0.2, 0.25) is 0 Å². The second-order valence-electron chi connectivity index (χ2n) is 7.82. The SMILES string of the molecule is Cc1cccc(CN2CCCn3nc(C(=O)NCc4ccccc4C)cc3C2=O)c1. The lowest BCUT2D eigenvalue weighted by molar-refractivity contribution is 0.0745. The zero-order valence-corrected chi connectivity index (χ0v) is 17.4. The quantitative estimate of drug-likeness (QED) is 0.711. The first kappa shape index (κ1) is 19.9. The molecule has 154 valence electrons. The molecule has 0 bridgehead atoms. The van der Waals surface area contributed by atoms with E-state index < -0.39 is 0 Å². The third-order valence-corrected chi connectivity index (χ3v) is 5.47. The van der Waals surface area contributed by atoms with Gasteiger partial charge in [0.1, 0.15) is 5.69 Å². The van der Waals surface area contributed by atoms with Gasteiger partial charge in [0.25, 0.3) is 11.8 Å². The summed E-state index contributed by atoms with van der Waals surface area (Å²) < 4.78 is 1.67. The molecule has 0 saturated heterocycles. The number of rotatable bonds is 5. The summed E-state index contributed by atoms with van der Waals surface area (Å²) in [4.78, 5) is 27.6. The Balaban J connectivity index is 1.48. The lowest BCUT2D eigenvalue weighted by Crippen LogP contribution is -2.30. The van der Waals surface area contributed by atoms with E-state index in [-0.39, 0.29) is 17.5 Å². The summed E-state index contributed by atoms with van der Waals surface area (Å²) in [6.07, 6.45) is 0.802. The van der Waals surface area contributed by atoms with Gasteiger partial charge in [-0.1, -0.05) is 54.1 Å². The van der Waals surface area contributed by atoms with E-state index in [4.69, 9.17) is 0 Å². The van der Waals surface area contributed by atoms with Crippen LogP contribution in [-0.4, -0.2) is 33.0 Å². The third-order valence-electron chi connectivity index (χ3n) is 5.47. The maximum Gasteiger partial charge on any atom is 0.272 e. The molecule has 0 spiro atoms. The molecule has 0 fully saturated rings.